The van der Waals surface area contributed by atoms with E-state index >= 15 is 0 Å². The van der Waals surface area contributed by atoms with Crippen LogP contribution in [0.1, 0.15) is 38.2 Å². The third-order valence-corrected chi connectivity index (χ3v) is 9.21. The Kier molecular flexibility index (Phi) is 9.26. The van der Waals surface area contributed by atoms with Crippen LogP contribution in [0.25, 0.3) is 0 Å². The molecule has 3 aliphatic heterocycles. The quantitative estimate of drug-likeness (QED) is 0.162. The van der Waals surface area contributed by atoms with Gasteiger partial charge in [0, 0.05) is 11.4 Å². The highest BCUT2D eigenvalue weighted by atomic mass is 79.9. The third-order valence-electron chi connectivity index (χ3n) is 8.06. The van der Waals surface area contributed by atoms with Crippen LogP contribution >= 0.6 is 27.5 Å². The van der Waals surface area contributed by atoms with Crippen molar-refractivity contribution in [1.29, 1.82) is 0 Å². The molecule has 212 valence electrons. The molecule has 0 aliphatic carbocycles. The maximum atomic E-state index is 14.5. The summed E-state index contributed by atoms with van der Waals surface area (Å²) in [7, 11) is 0. The van der Waals surface area contributed by atoms with Crippen molar-refractivity contribution in [2.45, 2.75) is 68.1 Å². The summed E-state index contributed by atoms with van der Waals surface area (Å²) in [5.74, 6) is -3.06. The van der Waals surface area contributed by atoms with Gasteiger partial charge in [0.2, 0.25) is 5.91 Å². The fourth-order valence-corrected chi connectivity index (χ4v) is 7.64. The number of ether oxygens (including phenoxy) is 2. The smallest absolute Gasteiger partial charge is 0.312 e. The van der Waals surface area contributed by atoms with Crippen LogP contribution in [0.2, 0.25) is 5.02 Å². The van der Waals surface area contributed by atoms with E-state index in [0.29, 0.717) is 23.6 Å². The normalized spacial score (nSPS) is 29.7. The Labute approximate surface area is 243 Å². The molecule has 2 bridgehead atoms. The number of carbonyl (C=O) groups excluding carboxylic acids is 3. The maximum absolute atomic E-state index is 14.5. The van der Waals surface area contributed by atoms with Crippen molar-refractivity contribution in [3.8, 4) is 0 Å². The van der Waals surface area contributed by atoms with Gasteiger partial charge < -0.3 is 24.4 Å². The summed E-state index contributed by atoms with van der Waals surface area (Å²) in [6, 6.07) is 3.60. The van der Waals surface area contributed by atoms with E-state index in [0.717, 1.165) is 18.4 Å². The molecule has 39 heavy (non-hydrogen) atoms. The summed E-state index contributed by atoms with van der Waals surface area (Å²) in [5.41, 5.74) is 0.0366. The van der Waals surface area contributed by atoms with Crippen LogP contribution in [0.4, 0.5) is 5.69 Å². The maximum Gasteiger partial charge on any atom is 0.312 e. The van der Waals surface area contributed by atoms with Gasteiger partial charge in [-0.15, -0.1) is 13.2 Å². The molecule has 0 aromatic heterocycles. The van der Waals surface area contributed by atoms with E-state index in [1.54, 1.807) is 25.1 Å². The lowest BCUT2D eigenvalue weighted by Crippen LogP contribution is -2.59. The zero-order valence-electron chi connectivity index (χ0n) is 22.4. The minimum atomic E-state index is -1.27. The van der Waals surface area contributed by atoms with Gasteiger partial charge >= 0.3 is 5.97 Å². The lowest BCUT2D eigenvalue weighted by Gasteiger charge is -2.39. The zero-order valence-corrected chi connectivity index (χ0v) is 24.7. The Balaban J connectivity index is 1.74. The highest BCUT2D eigenvalue weighted by Gasteiger charge is 2.77. The van der Waals surface area contributed by atoms with Gasteiger partial charge in [-0.25, -0.2) is 0 Å². The van der Waals surface area contributed by atoms with Crippen LogP contribution < -0.4 is 4.90 Å². The first-order valence-electron chi connectivity index (χ1n) is 13.3. The molecular weight excluding hydrogens is 588 g/mol. The third kappa shape index (κ3) is 5.07. The number of allylic oxidation sites excluding steroid dienone is 1. The summed E-state index contributed by atoms with van der Waals surface area (Å²) in [6.07, 6.45) is 5.50. The highest BCUT2D eigenvalue weighted by Crippen LogP contribution is 2.60. The molecule has 8 nitrogen and oxygen atoms in total. The van der Waals surface area contributed by atoms with Crippen LogP contribution in [-0.2, 0) is 23.9 Å². The number of halogens is 2. The van der Waals surface area contributed by atoms with Gasteiger partial charge in [-0.05, 0) is 51.2 Å². The molecule has 2 amide bonds. The molecule has 1 N–H and O–H groups in total. The van der Waals surface area contributed by atoms with Crippen molar-refractivity contribution in [1.82, 2.24) is 4.90 Å². The highest BCUT2D eigenvalue weighted by molar-refractivity contribution is 9.09. The number of nitrogens with zero attached hydrogens (tertiary/aromatic N) is 2. The van der Waals surface area contributed by atoms with E-state index in [1.807, 2.05) is 19.1 Å². The number of para-hydroxylation sites is 1. The van der Waals surface area contributed by atoms with E-state index in [4.69, 9.17) is 21.1 Å². The molecule has 0 saturated carbocycles. The summed E-state index contributed by atoms with van der Waals surface area (Å²) in [4.78, 5) is 44.6. The number of hydrogen-bond donors (Lipinski definition) is 1. The Morgan fingerprint density at radius 2 is 2.10 bits per heavy atom. The minimum absolute atomic E-state index is 0.146. The van der Waals surface area contributed by atoms with Gasteiger partial charge in [0.1, 0.15) is 11.6 Å². The summed E-state index contributed by atoms with van der Waals surface area (Å²) in [5, 5.41) is 10.5. The van der Waals surface area contributed by atoms with Crippen molar-refractivity contribution >= 4 is 51.0 Å². The number of benzene rings is 1. The summed E-state index contributed by atoms with van der Waals surface area (Å²) in [6.45, 7) is 11.1. The average molecular weight is 624 g/mol. The number of aliphatic hydroxyl groups excluding tert-OH is 1. The van der Waals surface area contributed by atoms with Crippen LogP contribution in [0.3, 0.4) is 0 Å². The van der Waals surface area contributed by atoms with Crippen LogP contribution in [0, 0.1) is 18.8 Å². The number of esters is 1. The predicted molar refractivity (Wildman–Crippen MR) is 153 cm³/mol. The largest absolute Gasteiger partial charge is 0.465 e. The number of amides is 2. The number of fused-ring (bicyclic) bond motifs is 1. The van der Waals surface area contributed by atoms with Crippen molar-refractivity contribution in [2.75, 3.05) is 24.7 Å². The van der Waals surface area contributed by atoms with Gasteiger partial charge in [0.05, 0.1) is 47.9 Å². The number of carbonyl (C=O) groups is 3. The number of alkyl halides is 1. The Hall–Kier alpha value is -2.20. The Morgan fingerprint density at radius 1 is 1.36 bits per heavy atom. The second kappa shape index (κ2) is 12.1. The minimum Gasteiger partial charge on any atom is -0.465 e. The van der Waals surface area contributed by atoms with Crippen molar-refractivity contribution in [2.24, 2.45) is 11.8 Å². The average Bonchev–Trinajstić information content (AvgIpc) is 3.50. The number of aliphatic hydroxyl groups is 1. The van der Waals surface area contributed by atoms with Crippen LogP contribution in [0.5, 0.6) is 0 Å². The van der Waals surface area contributed by atoms with E-state index in [2.05, 4.69) is 29.1 Å². The molecule has 4 rings (SSSR count). The van der Waals surface area contributed by atoms with Gasteiger partial charge in [-0.3, -0.25) is 14.4 Å². The molecule has 3 unspecified atom stereocenters. The van der Waals surface area contributed by atoms with Gasteiger partial charge in [-0.2, -0.15) is 0 Å². The lowest BCUT2D eigenvalue weighted by molar-refractivity contribution is -0.155. The van der Waals surface area contributed by atoms with E-state index in [9.17, 15) is 19.5 Å². The molecule has 0 radical (unpaired) electrons. The predicted octanol–water partition coefficient (Wildman–Crippen LogP) is 4.20. The molecule has 3 aliphatic rings. The molecule has 1 aromatic carbocycles. The number of likely N-dealkylation sites (tertiary alicyclic amines) is 1. The zero-order chi connectivity index (χ0) is 28.5. The Bertz CT molecular complexity index is 1130. The number of unbranched alkanes of at least 4 members (excludes halogenated alkanes) is 2. The van der Waals surface area contributed by atoms with Gasteiger partial charge in [0.15, 0.2) is 0 Å². The fourth-order valence-electron chi connectivity index (χ4n) is 6.37. The topological polar surface area (TPSA) is 96.4 Å². The number of aryl methyl sites for hydroxylation is 1. The number of rotatable bonds is 12. The molecule has 3 heterocycles. The van der Waals surface area contributed by atoms with Crippen molar-refractivity contribution < 1.29 is 29.0 Å². The first-order chi connectivity index (χ1) is 18.6. The standard InChI is InChI=1S/C29H36BrClN2O6/c1-5-7-8-9-14-38-28(37)21-22-26(35)33(18(4)16-34)25(29(22)15-19(30)24(21)39-29)27(36)32(13-6-2)23-17(3)11-10-12-20(23)31/h5-6,10-12,18-19,21-22,24-25,34H,1-2,7-9,13-16H2,3-4H3/t18-,19?,21+,22+,24+,25?,29?/m1/s1. The monoisotopic (exact) mass is 622 g/mol. The van der Waals surface area contributed by atoms with Crippen LogP contribution in [0.15, 0.2) is 43.5 Å². The molecule has 10 heteroatoms. The molecule has 1 spiro atoms. The SMILES string of the molecule is C=CCCCCOC(=O)[C@H]1[C@H]2C(=O)N([C@H](C)CO)C(C(=O)N(CC=C)c3c(C)cccc3Cl)C23CC(Br)[C@@H]1O3. The van der Waals surface area contributed by atoms with Crippen molar-refractivity contribution in [3.63, 3.8) is 0 Å². The molecule has 7 atom stereocenters. The Morgan fingerprint density at radius 3 is 2.74 bits per heavy atom. The number of anilines is 1. The molecule has 3 saturated heterocycles. The lowest BCUT2D eigenvalue weighted by atomic mass is 9.70. The summed E-state index contributed by atoms with van der Waals surface area (Å²) >= 11 is 10.2. The molecule has 3 fully saturated rings. The van der Waals surface area contributed by atoms with E-state index in [-0.39, 0.29) is 30.5 Å². The molecular formula is C29H36BrClN2O6. The van der Waals surface area contributed by atoms with Crippen LogP contribution in [-0.4, -0.2) is 76.2 Å². The first-order valence-corrected chi connectivity index (χ1v) is 14.6. The van der Waals surface area contributed by atoms with E-state index in [1.165, 1.54) is 9.80 Å². The molecule has 1 aromatic rings. The first kappa shape index (κ1) is 29.8. The number of hydrogen-bond acceptors (Lipinski definition) is 6. The van der Waals surface area contributed by atoms with Gasteiger partial charge in [-0.1, -0.05) is 51.8 Å². The second-order valence-corrected chi connectivity index (χ2v) is 12.1. The van der Waals surface area contributed by atoms with Gasteiger partial charge in [0.25, 0.3) is 5.91 Å². The second-order valence-electron chi connectivity index (χ2n) is 10.5. The fraction of sp³-hybridized carbons (Fsp3) is 0.552. The van der Waals surface area contributed by atoms with Crippen molar-refractivity contribution in [3.05, 3.63) is 54.1 Å². The van der Waals surface area contributed by atoms with E-state index < -0.39 is 47.5 Å². The summed E-state index contributed by atoms with van der Waals surface area (Å²) < 4.78 is 12.1.